The molecule has 5 nitrogen and oxygen atoms in total. The number of thiocarbonyl (C=S) groups is 1. The minimum atomic E-state index is -0.0372. The van der Waals surface area contributed by atoms with Crippen molar-refractivity contribution in [1.82, 2.24) is 14.9 Å². The fourth-order valence-electron chi connectivity index (χ4n) is 4.62. The molecule has 3 aromatic rings. The highest BCUT2D eigenvalue weighted by Crippen LogP contribution is 2.43. The number of nitrogens with one attached hydrogen (secondary N) is 1. The molecule has 2 aromatic heterocycles. The summed E-state index contributed by atoms with van der Waals surface area (Å²) in [5.74, 6) is 0.490. The molecule has 4 rings (SSSR count). The van der Waals surface area contributed by atoms with Gasteiger partial charge in [-0.1, -0.05) is 32.0 Å². The molecule has 3 heterocycles. The third-order valence-corrected chi connectivity index (χ3v) is 6.70. The molecule has 0 saturated carbocycles. The van der Waals surface area contributed by atoms with Crippen LogP contribution in [-0.4, -0.2) is 28.4 Å². The summed E-state index contributed by atoms with van der Waals surface area (Å²) in [6.07, 6.45) is 1.85. The second kappa shape index (κ2) is 9.43. The molecule has 0 spiro atoms. The molecule has 0 radical (unpaired) electrons. The molecule has 0 aliphatic carbocycles. The lowest BCUT2D eigenvalue weighted by molar-refractivity contribution is 0.186. The molecule has 1 aliphatic heterocycles. The predicted octanol–water partition coefficient (Wildman–Crippen LogP) is 5.45. The maximum Gasteiger partial charge on any atom is 0.174 e. The third-order valence-electron chi connectivity index (χ3n) is 6.39. The average Bonchev–Trinajstić information content (AvgIpc) is 3.28. The molecule has 1 aromatic carbocycles. The summed E-state index contributed by atoms with van der Waals surface area (Å²) in [6, 6.07) is 17.1. The highest BCUT2D eigenvalue weighted by molar-refractivity contribution is 7.80. The second-order valence-electron chi connectivity index (χ2n) is 8.71. The SMILES string of the molecule is COCCn1c(C)cc([C@@H]2[C@@H](c3ccccn3)NC(=S)N2c2ccc(C(C)C)cc2)c1C. The molecule has 1 saturated heterocycles. The van der Waals surface area contributed by atoms with Gasteiger partial charge in [0.15, 0.2) is 5.11 Å². The Kier molecular flexibility index (Phi) is 6.63. The van der Waals surface area contributed by atoms with Gasteiger partial charge >= 0.3 is 0 Å². The number of aromatic nitrogens is 2. The Hall–Kier alpha value is -2.70. The molecule has 1 N–H and O–H groups in total. The van der Waals surface area contributed by atoms with E-state index in [1.165, 1.54) is 22.5 Å². The summed E-state index contributed by atoms with van der Waals surface area (Å²) < 4.78 is 7.67. The van der Waals surface area contributed by atoms with Crippen LogP contribution in [0.25, 0.3) is 0 Å². The van der Waals surface area contributed by atoms with Crippen LogP contribution in [-0.2, 0) is 11.3 Å². The van der Waals surface area contributed by atoms with E-state index in [0.29, 0.717) is 12.5 Å². The maximum atomic E-state index is 5.87. The fourth-order valence-corrected chi connectivity index (χ4v) is 4.97. The number of hydrogen-bond acceptors (Lipinski definition) is 3. The highest BCUT2D eigenvalue weighted by atomic mass is 32.1. The van der Waals surface area contributed by atoms with Crippen molar-refractivity contribution in [2.24, 2.45) is 0 Å². The number of nitrogens with zero attached hydrogens (tertiary/aromatic N) is 3. The highest BCUT2D eigenvalue weighted by Gasteiger charge is 2.42. The number of ether oxygens (including phenoxy) is 1. The van der Waals surface area contributed by atoms with E-state index < -0.39 is 0 Å². The Morgan fingerprint density at radius 2 is 1.88 bits per heavy atom. The number of rotatable bonds is 7. The van der Waals surface area contributed by atoms with Gasteiger partial charge in [0.25, 0.3) is 0 Å². The van der Waals surface area contributed by atoms with Gasteiger partial charge in [0.05, 0.1) is 24.4 Å². The van der Waals surface area contributed by atoms with Crippen LogP contribution in [0, 0.1) is 13.8 Å². The lowest BCUT2D eigenvalue weighted by atomic mass is 9.96. The van der Waals surface area contributed by atoms with E-state index in [9.17, 15) is 0 Å². The summed E-state index contributed by atoms with van der Waals surface area (Å²) in [5, 5.41) is 4.29. The van der Waals surface area contributed by atoms with Crippen molar-refractivity contribution >= 4 is 23.0 Å². The first kappa shape index (κ1) is 22.5. The molecule has 0 amide bonds. The van der Waals surface area contributed by atoms with Crippen molar-refractivity contribution in [3.05, 3.63) is 82.9 Å². The number of hydrogen-bond donors (Lipinski definition) is 1. The Balaban J connectivity index is 1.81. The van der Waals surface area contributed by atoms with E-state index in [1.54, 1.807) is 7.11 Å². The first-order valence-electron chi connectivity index (χ1n) is 11.2. The average molecular weight is 449 g/mol. The van der Waals surface area contributed by atoms with E-state index in [4.69, 9.17) is 17.0 Å². The minimum Gasteiger partial charge on any atom is -0.383 e. The van der Waals surface area contributed by atoms with Gasteiger partial charge in [0.2, 0.25) is 0 Å². The molecule has 1 fully saturated rings. The number of benzene rings is 1. The summed E-state index contributed by atoms with van der Waals surface area (Å²) in [7, 11) is 1.74. The van der Waals surface area contributed by atoms with Gasteiger partial charge in [0, 0.05) is 36.9 Å². The van der Waals surface area contributed by atoms with Crippen LogP contribution >= 0.6 is 12.2 Å². The van der Waals surface area contributed by atoms with Crippen LogP contribution in [0.5, 0.6) is 0 Å². The monoisotopic (exact) mass is 448 g/mol. The zero-order chi connectivity index (χ0) is 22.8. The maximum absolute atomic E-state index is 5.87. The molecule has 0 bridgehead atoms. The summed E-state index contributed by atoms with van der Waals surface area (Å²) in [4.78, 5) is 6.92. The smallest absolute Gasteiger partial charge is 0.174 e. The largest absolute Gasteiger partial charge is 0.383 e. The van der Waals surface area contributed by atoms with Gasteiger partial charge in [-0.25, -0.2) is 0 Å². The summed E-state index contributed by atoms with van der Waals surface area (Å²) in [6.45, 7) is 10.3. The molecule has 32 heavy (non-hydrogen) atoms. The molecule has 0 unspecified atom stereocenters. The Bertz CT molecular complexity index is 1080. The Morgan fingerprint density at radius 1 is 1.12 bits per heavy atom. The van der Waals surface area contributed by atoms with Gasteiger partial charge in [-0.15, -0.1) is 0 Å². The second-order valence-corrected chi connectivity index (χ2v) is 9.10. The van der Waals surface area contributed by atoms with Crippen molar-refractivity contribution in [3.8, 4) is 0 Å². The van der Waals surface area contributed by atoms with E-state index in [-0.39, 0.29) is 12.1 Å². The predicted molar refractivity (Wildman–Crippen MR) is 134 cm³/mol. The van der Waals surface area contributed by atoms with Crippen LogP contribution in [0.15, 0.2) is 54.7 Å². The molecule has 6 heteroatoms. The molecule has 2 atom stereocenters. The van der Waals surface area contributed by atoms with Crippen LogP contribution in [0.1, 0.15) is 60.1 Å². The topological polar surface area (TPSA) is 42.3 Å². The zero-order valence-electron chi connectivity index (χ0n) is 19.5. The summed E-state index contributed by atoms with van der Waals surface area (Å²) >= 11 is 5.87. The fraction of sp³-hybridized carbons (Fsp3) is 0.385. The first-order valence-corrected chi connectivity index (χ1v) is 11.6. The number of aryl methyl sites for hydroxylation is 1. The molecule has 168 valence electrons. The van der Waals surface area contributed by atoms with Gasteiger partial charge in [-0.3, -0.25) is 4.98 Å². The van der Waals surface area contributed by atoms with Gasteiger partial charge in [-0.05, 0) is 73.4 Å². The Labute approximate surface area is 196 Å². The van der Waals surface area contributed by atoms with Crippen molar-refractivity contribution in [2.45, 2.75) is 52.2 Å². The quantitative estimate of drug-likeness (QED) is 0.487. The van der Waals surface area contributed by atoms with E-state index in [1.807, 2.05) is 18.3 Å². The van der Waals surface area contributed by atoms with E-state index >= 15 is 0 Å². The Morgan fingerprint density at radius 3 is 2.50 bits per heavy atom. The van der Waals surface area contributed by atoms with E-state index in [0.717, 1.165) is 23.0 Å². The van der Waals surface area contributed by atoms with Crippen molar-refractivity contribution in [1.29, 1.82) is 0 Å². The van der Waals surface area contributed by atoms with E-state index in [2.05, 4.69) is 83.9 Å². The van der Waals surface area contributed by atoms with Gasteiger partial charge in [0.1, 0.15) is 0 Å². The van der Waals surface area contributed by atoms with Crippen molar-refractivity contribution in [2.75, 3.05) is 18.6 Å². The first-order chi connectivity index (χ1) is 15.4. The molecular formula is C26H32N4OS. The normalized spacial score (nSPS) is 18.4. The summed E-state index contributed by atoms with van der Waals surface area (Å²) in [5.41, 5.74) is 7.12. The van der Waals surface area contributed by atoms with Gasteiger partial charge < -0.3 is 19.5 Å². The van der Waals surface area contributed by atoms with Gasteiger partial charge in [-0.2, -0.15) is 0 Å². The standard InChI is InChI=1S/C26H32N4OS/c1-17(2)20-9-11-21(12-10-20)30-25(22-16-18(3)29(19(22)4)14-15-31-5)24(28-26(30)32)23-8-6-7-13-27-23/h6-13,16-17,24-25H,14-15H2,1-5H3,(H,28,32)/t24-,25-/m1/s1. The van der Waals surface area contributed by atoms with Crippen molar-refractivity contribution < 1.29 is 4.74 Å². The third kappa shape index (κ3) is 4.17. The number of methoxy groups -OCH3 is 1. The van der Waals surface area contributed by atoms with Crippen LogP contribution in [0.4, 0.5) is 5.69 Å². The van der Waals surface area contributed by atoms with Crippen LogP contribution < -0.4 is 10.2 Å². The van der Waals surface area contributed by atoms with Crippen LogP contribution in [0.2, 0.25) is 0 Å². The molecule has 1 aliphatic rings. The lowest BCUT2D eigenvalue weighted by Gasteiger charge is -2.28. The lowest BCUT2D eigenvalue weighted by Crippen LogP contribution is -2.29. The minimum absolute atomic E-state index is 0.00444. The van der Waals surface area contributed by atoms with Crippen molar-refractivity contribution in [3.63, 3.8) is 0 Å². The number of pyridine rings is 1. The zero-order valence-corrected chi connectivity index (χ0v) is 20.3. The number of anilines is 1. The van der Waals surface area contributed by atoms with Crippen LogP contribution in [0.3, 0.4) is 0 Å². The molecular weight excluding hydrogens is 416 g/mol.